The quantitative estimate of drug-likeness (QED) is 0.610. The molecule has 1 aromatic heterocycles. The van der Waals surface area contributed by atoms with Gasteiger partial charge in [0.25, 0.3) is 0 Å². The predicted octanol–water partition coefficient (Wildman–Crippen LogP) is -1.20. The molecule has 0 unspecified atom stereocenters. The zero-order valence-electron chi connectivity index (χ0n) is 9.80. The molecule has 3 amide bonds. The van der Waals surface area contributed by atoms with Gasteiger partial charge < -0.3 is 10.4 Å². The Balaban J connectivity index is 1.76. The molecule has 1 aliphatic carbocycles. The van der Waals surface area contributed by atoms with Crippen molar-refractivity contribution in [2.75, 3.05) is 6.61 Å². The SMILES string of the molecule is O=C(Cn1cc(CCO)nn1)NC(=O)NC1CC1. The Morgan fingerprint density at radius 2 is 2.28 bits per heavy atom. The zero-order chi connectivity index (χ0) is 13.0. The van der Waals surface area contributed by atoms with Gasteiger partial charge in [-0.1, -0.05) is 5.21 Å². The average Bonchev–Trinajstić information content (AvgIpc) is 2.99. The van der Waals surface area contributed by atoms with Crippen LogP contribution in [0.2, 0.25) is 0 Å². The van der Waals surface area contributed by atoms with Gasteiger partial charge in [0.05, 0.1) is 5.69 Å². The van der Waals surface area contributed by atoms with Gasteiger partial charge in [0.2, 0.25) is 5.91 Å². The summed E-state index contributed by atoms with van der Waals surface area (Å²) in [6.45, 7) is -0.0921. The van der Waals surface area contributed by atoms with Gasteiger partial charge in [0, 0.05) is 25.3 Å². The van der Waals surface area contributed by atoms with Crippen molar-refractivity contribution in [3.63, 3.8) is 0 Å². The molecule has 0 saturated heterocycles. The summed E-state index contributed by atoms with van der Waals surface area (Å²) in [4.78, 5) is 22.8. The second kappa shape index (κ2) is 5.58. The third kappa shape index (κ3) is 3.81. The Morgan fingerprint density at radius 1 is 1.50 bits per heavy atom. The number of rotatable bonds is 5. The molecule has 1 aromatic rings. The molecule has 1 aliphatic rings. The number of aliphatic hydroxyl groups is 1. The average molecular weight is 253 g/mol. The van der Waals surface area contributed by atoms with E-state index in [4.69, 9.17) is 5.11 Å². The third-order valence-corrected chi connectivity index (χ3v) is 2.43. The van der Waals surface area contributed by atoms with Gasteiger partial charge in [-0.15, -0.1) is 5.10 Å². The molecule has 1 saturated carbocycles. The Hall–Kier alpha value is -1.96. The van der Waals surface area contributed by atoms with Crippen LogP contribution in [0.5, 0.6) is 0 Å². The Morgan fingerprint density at radius 3 is 2.94 bits per heavy atom. The molecule has 1 fully saturated rings. The molecule has 18 heavy (non-hydrogen) atoms. The molecule has 98 valence electrons. The van der Waals surface area contributed by atoms with E-state index in [1.807, 2.05) is 0 Å². The number of nitrogens with one attached hydrogen (secondary N) is 2. The van der Waals surface area contributed by atoms with Crippen molar-refractivity contribution in [3.05, 3.63) is 11.9 Å². The van der Waals surface area contributed by atoms with Crippen LogP contribution < -0.4 is 10.6 Å². The summed E-state index contributed by atoms with van der Waals surface area (Å²) in [5.74, 6) is -0.450. The fraction of sp³-hybridized carbons (Fsp3) is 0.600. The van der Waals surface area contributed by atoms with Gasteiger partial charge in [-0.05, 0) is 12.8 Å². The summed E-state index contributed by atoms with van der Waals surface area (Å²) < 4.78 is 1.32. The highest BCUT2D eigenvalue weighted by atomic mass is 16.3. The number of amides is 3. The van der Waals surface area contributed by atoms with Gasteiger partial charge in [0.1, 0.15) is 6.54 Å². The second-order valence-electron chi connectivity index (χ2n) is 4.18. The molecule has 8 heteroatoms. The fourth-order valence-electron chi connectivity index (χ4n) is 1.41. The molecular weight excluding hydrogens is 238 g/mol. The molecule has 0 spiro atoms. The first kappa shape index (κ1) is 12.5. The van der Waals surface area contributed by atoms with Crippen LogP contribution in [0, 0.1) is 0 Å². The summed E-state index contributed by atoms with van der Waals surface area (Å²) in [7, 11) is 0. The molecule has 0 radical (unpaired) electrons. The lowest BCUT2D eigenvalue weighted by Crippen LogP contribution is -2.41. The van der Waals surface area contributed by atoms with Crippen molar-refractivity contribution in [2.45, 2.75) is 31.8 Å². The summed E-state index contributed by atoms with van der Waals surface area (Å²) in [6, 6.07) is -0.265. The minimum Gasteiger partial charge on any atom is -0.396 e. The number of urea groups is 1. The Bertz CT molecular complexity index is 440. The molecule has 0 bridgehead atoms. The van der Waals surface area contributed by atoms with Gasteiger partial charge in [0.15, 0.2) is 0 Å². The van der Waals surface area contributed by atoms with E-state index in [-0.39, 0.29) is 19.2 Å². The number of carbonyl (C=O) groups is 2. The Labute approximate surface area is 103 Å². The minimum absolute atomic E-state index is 0.0192. The van der Waals surface area contributed by atoms with Crippen LogP contribution >= 0.6 is 0 Å². The smallest absolute Gasteiger partial charge is 0.321 e. The highest BCUT2D eigenvalue weighted by Gasteiger charge is 2.23. The first-order chi connectivity index (χ1) is 8.67. The summed E-state index contributed by atoms with van der Waals surface area (Å²) in [6.07, 6.45) is 3.89. The van der Waals surface area contributed by atoms with E-state index in [0.717, 1.165) is 12.8 Å². The van der Waals surface area contributed by atoms with Crippen molar-refractivity contribution in [1.82, 2.24) is 25.6 Å². The van der Waals surface area contributed by atoms with Crippen LogP contribution in [0.4, 0.5) is 4.79 Å². The van der Waals surface area contributed by atoms with Crippen LogP contribution in [-0.2, 0) is 17.8 Å². The monoisotopic (exact) mass is 253 g/mol. The number of imide groups is 1. The maximum Gasteiger partial charge on any atom is 0.321 e. The van der Waals surface area contributed by atoms with Crippen LogP contribution in [0.15, 0.2) is 6.20 Å². The molecule has 0 atom stereocenters. The standard InChI is InChI=1S/C10H15N5O3/c16-4-3-8-5-15(14-13-8)6-9(17)12-10(18)11-7-1-2-7/h5,7,16H,1-4,6H2,(H2,11,12,17,18). The third-order valence-electron chi connectivity index (χ3n) is 2.43. The Kier molecular flexibility index (Phi) is 3.88. The molecule has 2 rings (SSSR count). The van der Waals surface area contributed by atoms with E-state index in [0.29, 0.717) is 12.1 Å². The van der Waals surface area contributed by atoms with Gasteiger partial charge in [-0.2, -0.15) is 0 Å². The largest absolute Gasteiger partial charge is 0.396 e. The van der Waals surface area contributed by atoms with Crippen LogP contribution in [0.1, 0.15) is 18.5 Å². The van der Waals surface area contributed by atoms with Crippen molar-refractivity contribution >= 4 is 11.9 Å². The highest BCUT2D eigenvalue weighted by Crippen LogP contribution is 2.18. The lowest BCUT2D eigenvalue weighted by atomic mass is 10.3. The van der Waals surface area contributed by atoms with Gasteiger partial charge >= 0.3 is 6.03 Å². The van der Waals surface area contributed by atoms with Crippen molar-refractivity contribution in [3.8, 4) is 0 Å². The van der Waals surface area contributed by atoms with E-state index >= 15 is 0 Å². The number of aliphatic hydroxyl groups excluding tert-OH is 1. The van der Waals surface area contributed by atoms with Crippen LogP contribution in [0.3, 0.4) is 0 Å². The lowest BCUT2D eigenvalue weighted by molar-refractivity contribution is -0.120. The fourth-order valence-corrected chi connectivity index (χ4v) is 1.41. The predicted molar refractivity (Wildman–Crippen MR) is 60.5 cm³/mol. The zero-order valence-corrected chi connectivity index (χ0v) is 9.80. The van der Waals surface area contributed by atoms with Crippen molar-refractivity contribution in [1.29, 1.82) is 0 Å². The lowest BCUT2D eigenvalue weighted by Gasteiger charge is -2.04. The molecule has 0 aromatic carbocycles. The number of carbonyl (C=O) groups excluding carboxylic acids is 2. The van der Waals surface area contributed by atoms with Crippen LogP contribution in [-0.4, -0.2) is 44.7 Å². The van der Waals surface area contributed by atoms with Gasteiger partial charge in [-0.25, -0.2) is 9.48 Å². The van der Waals surface area contributed by atoms with Gasteiger partial charge in [-0.3, -0.25) is 10.1 Å². The molecule has 1 heterocycles. The second-order valence-corrected chi connectivity index (χ2v) is 4.18. The maximum atomic E-state index is 11.5. The van der Waals surface area contributed by atoms with Crippen molar-refractivity contribution < 1.29 is 14.7 Å². The molecule has 0 aliphatic heterocycles. The molecular formula is C10H15N5O3. The first-order valence-corrected chi connectivity index (χ1v) is 5.77. The molecule has 8 nitrogen and oxygen atoms in total. The number of aromatic nitrogens is 3. The maximum absolute atomic E-state index is 11.5. The number of hydrogen-bond acceptors (Lipinski definition) is 5. The van der Waals surface area contributed by atoms with E-state index in [1.54, 1.807) is 6.20 Å². The van der Waals surface area contributed by atoms with E-state index in [9.17, 15) is 9.59 Å². The number of nitrogens with zero attached hydrogens (tertiary/aromatic N) is 3. The summed E-state index contributed by atoms with van der Waals surface area (Å²) in [5.41, 5.74) is 0.604. The van der Waals surface area contributed by atoms with E-state index < -0.39 is 11.9 Å². The van der Waals surface area contributed by atoms with E-state index in [1.165, 1.54) is 4.68 Å². The summed E-state index contributed by atoms with van der Waals surface area (Å²) in [5, 5.41) is 21.1. The normalized spacial score (nSPS) is 14.3. The topological polar surface area (TPSA) is 109 Å². The van der Waals surface area contributed by atoms with Crippen LogP contribution in [0.25, 0.3) is 0 Å². The molecule has 3 N–H and O–H groups in total. The highest BCUT2D eigenvalue weighted by molar-refractivity contribution is 5.94. The minimum atomic E-state index is -0.474. The number of hydrogen-bond donors (Lipinski definition) is 3. The summed E-state index contributed by atoms with van der Waals surface area (Å²) >= 11 is 0. The van der Waals surface area contributed by atoms with Crippen molar-refractivity contribution in [2.24, 2.45) is 0 Å². The first-order valence-electron chi connectivity index (χ1n) is 5.77. The van der Waals surface area contributed by atoms with E-state index in [2.05, 4.69) is 20.9 Å².